The zero-order valence-electron chi connectivity index (χ0n) is 12.2. The number of pyridine rings is 1. The number of nitrogens with one attached hydrogen (secondary N) is 1. The van der Waals surface area contributed by atoms with Gasteiger partial charge in [-0.25, -0.2) is 15.0 Å². The Morgan fingerprint density at radius 1 is 1.09 bits per heavy atom. The molecule has 3 rings (SSSR count). The second-order valence-corrected chi connectivity index (χ2v) is 4.87. The summed E-state index contributed by atoms with van der Waals surface area (Å²) in [5.41, 5.74) is 0.0533. The second kappa shape index (κ2) is 5.83. The van der Waals surface area contributed by atoms with E-state index in [0.717, 1.165) is 6.07 Å². The molecule has 1 N–H and O–H groups in total. The molecule has 0 aliphatic heterocycles. The highest BCUT2D eigenvalue weighted by Gasteiger charge is 2.35. The van der Waals surface area contributed by atoms with E-state index in [9.17, 15) is 13.2 Å². The van der Waals surface area contributed by atoms with Crippen molar-refractivity contribution in [1.82, 2.24) is 15.0 Å². The molecule has 0 spiro atoms. The number of benzene rings is 1. The lowest BCUT2D eigenvalue weighted by Crippen LogP contribution is -2.11. The molecule has 2 aromatic heterocycles. The number of aromatic nitrogens is 3. The summed E-state index contributed by atoms with van der Waals surface area (Å²) in [5.74, 6) is 0.136. The van der Waals surface area contributed by atoms with Crippen LogP contribution in [0.15, 0.2) is 42.7 Å². The molecule has 23 heavy (non-hydrogen) atoms. The lowest BCUT2D eigenvalue weighted by molar-refractivity contribution is -0.136. The van der Waals surface area contributed by atoms with Crippen molar-refractivity contribution in [2.24, 2.45) is 0 Å². The average Bonchev–Trinajstić information content (AvgIpc) is 2.54. The van der Waals surface area contributed by atoms with E-state index in [4.69, 9.17) is 0 Å². The maximum absolute atomic E-state index is 13.5. The van der Waals surface area contributed by atoms with Crippen LogP contribution in [-0.2, 0) is 6.18 Å². The fourth-order valence-corrected chi connectivity index (χ4v) is 2.35. The lowest BCUT2D eigenvalue weighted by atomic mass is 10.1. The third-order valence-corrected chi connectivity index (χ3v) is 3.32. The summed E-state index contributed by atoms with van der Waals surface area (Å²) in [6.45, 7) is 2.23. The maximum atomic E-state index is 13.5. The quantitative estimate of drug-likeness (QED) is 0.788. The second-order valence-electron chi connectivity index (χ2n) is 4.87. The summed E-state index contributed by atoms with van der Waals surface area (Å²) in [4.78, 5) is 12.1. The highest BCUT2D eigenvalue weighted by atomic mass is 19.4. The largest absolute Gasteiger partial charge is 0.417 e. The van der Waals surface area contributed by atoms with E-state index in [2.05, 4.69) is 20.3 Å². The molecule has 0 amide bonds. The van der Waals surface area contributed by atoms with E-state index in [-0.39, 0.29) is 22.5 Å². The van der Waals surface area contributed by atoms with E-state index in [1.54, 1.807) is 37.3 Å². The Kier molecular flexibility index (Phi) is 3.85. The average molecular weight is 318 g/mol. The molecule has 0 aliphatic rings. The number of nitrogens with zero attached hydrogens (tertiary/aromatic N) is 3. The van der Waals surface area contributed by atoms with Crippen molar-refractivity contribution in [3.8, 4) is 11.3 Å². The zero-order chi connectivity index (χ0) is 16.4. The van der Waals surface area contributed by atoms with Gasteiger partial charge in [0.05, 0.1) is 16.6 Å². The molecular weight excluding hydrogens is 305 g/mol. The third kappa shape index (κ3) is 2.94. The normalized spacial score (nSPS) is 11.7. The minimum absolute atomic E-state index is 0.0182. The Morgan fingerprint density at radius 3 is 2.48 bits per heavy atom. The lowest BCUT2D eigenvalue weighted by Gasteiger charge is -2.14. The monoisotopic (exact) mass is 318 g/mol. The first-order valence-electron chi connectivity index (χ1n) is 7.03. The molecule has 0 atom stereocenters. The van der Waals surface area contributed by atoms with E-state index < -0.39 is 11.7 Å². The first-order chi connectivity index (χ1) is 11.0. The summed E-state index contributed by atoms with van der Waals surface area (Å²) >= 11 is 0. The molecule has 1 aromatic carbocycles. The number of rotatable bonds is 3. The fourth-order valence-electron chi connectivity index (χ4n) is 2.35. The minimum Gasteiger partial charge on any atom is -0.370 e. The number of alkyl halides is 3. The molecule has 2 heterocycles. The van der Waals surface area contributed by atoms with E-state index in [1.807, 2.05) is 0 Å². The first-order valence-corrected chi connectivity index (χ1v) is 7.03. The molecular formula is C16H13F3N4. The molecule has 0 unspecified atom stereocenters. The number of halogens is 3. The van der Waals surface area contributed by atoms with Crippen molar-refractivity contribution in [3.05, 3.63) is 48.3 Å². The number of fused-ring (bicyclic) bond motifs is 1. The Hall–Kier alpha value is -2.70. The summed E-state index contributed by atoms with van der Waals surface area (Å²) in [5, 5.41) is 2.72. The molecule has 4 nitrogen and oxygen atoms in total. The van der Waals surface area contributed by atoms with Gasteiger partial charge in [-0.1, -0.05) is 30.3 Å². The molecule has 118 valence electrons. The molecule has 3 aromatic rings. The Bertz CT molecular complexity index is 832. The summed E-state index contributed by atoms with van der Waals surface area (Å²) in [7, 11) is 0. The number of hydrogen-bond acceptors (Lipinski definition) is 4. The van der Waals surface area contributed by atoms with Gasteiger partial charge in [-0.3, -0.25) is 0 Å². The van der Waals surface area contributed by atoms with Crippen molar-refractivity contribution in [2.45, 2.75) is 13.1 Å². The summed E-state index contributed by atoms with van der Waals surface area (Å²) in [6, 6.07) is 9.75. The van der Waals surface area contributed by atoms with Crippen molar-refractivity contribution in [1.29, 1.82) is 0 Å². The van der Waals surface area contributed by atoms with Crippen LogP contribution >= 0.6 is 0 Å². The van der Waals surface area contributed by atoms with Crippen molar-refractivity contribution >= 4 is 16.9 Å². The van der Waals surface area contributed by atoms with E-state index >= 15 is 0 Å². The smallest absolute Gasteiger partial charge is 0.370 e. The number of hydrogen-bond donors (Lipinski definition) is 1. The van der Waals surface area contributed by atoms with Crippen LogP contribution in [0.5, 0.6) is 0 Å². The summed E-state index contributed by atoms with van der Waals surface area (Å²) < 4.78 is 40.6. The van der Waals surface area contributed by atoms with Gasteiger partial charge >= 0.3 is 6.18 Å². The van der Waals surface area contributed by atoms with Gasteiger partial charge in [0.25, 0.3) is 0 Å². The van der Waals surface area contributed by atoms with Gasteiger partial charge < -0.3 is 5.32 Å². The van der Waals surface area contributed by atoms with Crippen LogP contribution in [-0.4, -0.2) is 21.5 Å². The van der Waals surface area contributed by atoms with Gasteiger partial charge in [-0.2, -0.15) is 13.2 Å². The van der Waals surface area contributed by atoms with Crippen LogP contribution in [0.4, 0.5) is 19.0 Å². The molecule has 0 bridgehead atoms. The highest BCUT2D eigenvalue weighted by Crippen LogP contribution is 2.38. The molecule has 7 heteroatoms. The van der Waals surface area contributed by atoms with Crippen molar-refractivity contribution < 1.29 is 13.2 Å². The Balaban J connectivity index is 2.32. The van der Waals surface area contributed by atoms with Gasteiger partial charge in [0.2, 0.25) is 0 Å². The molecule has 0 radical (unpaired) electrons. The molecule has 0 aliphatic carbocycles. The molecule has 0 saturated carbocycles. The predicted octanol–water partition coefficient (Wildman–Crippen LogP) is 4.14. The standard InChI is InChI=1S/C16H13F3N4/c1-2-20-14-13-11(16(17,18)19)8-12(10-6-4-3-5-7-10)23-15(13)22-9-21-14/h3-9H,2H2,1H3,(H,20,21,22,23). The topological polar surface area (TPSA) is 50.7 Å². The van der Waals surface area contributed by atoms with E-state index in [1.165, 1.54) is 6.33 Å². The molecule has 0 fully saturated rings. The fraction of sp³-hybridized carbons (Fsp3) is 0.188. The third-order valence-electron chi connectivity index (χ3n) is 3.32. The Labute approximate surface area is 130 Å². The SMILES string of the molecule is CCNc1ncnc2nc(-c3ccccc3)cc(C(F)(F)F)c12. The van der Waals surface area contributed by atoms with Gasteiger partial charge in [-0.15, -0.1) is 0 Å². The number of anilines is 1. The van der Waals surface area contributed by atoms with Crippen LogP contribution in [0.25, 0.3) is 22.3 Å². The minimum atomic E-state index is -4.53. The van der Waals surface area contributed by atoms with Gasteiger partial charge in [0, 0.05) is 12.1 Å². The van der Waals surface area contributed by atoms with Crippen LogP contribution in [0, 0.1) is 0 Å². The predicted molar refractivity (Wildman–Crippen MR) is 81.9 cm³/mol. The van der Waals surface area contributed by atoms with Crippen LogP contribution in [0.3, 0.4) is 0 Å². The van der Waals surface area contributed by atoms with Gasteiger partial charge in [0.15, 0.2) is 5.65 Å². The maximum Gasteiger partial charge on any atom is 0.417 e. The zero-order valence-corrected chi connectivity index (χ0v) is 12.2. The van der Waals surface area contributed by atoms with Crippen LogP contribution in [0.1, 0.15) is 12.5 Å². The van der Waals surface area contributed by atoms with Crippen LogP contribution in [0.2, 0.25) is 0 Å². The van der Waals surface area contributed by atoms with Crippen molar-refractivity contribution in [3.63, 3.8) is 0 Å². The molecule has 0 saturated heterocycles. The first kappa shape index (κ1) is 15.2. The van der Waals surface area contributed by atoms with Crippen LogP contribution < -0.4 is 5.32 Å². The van der Waals surface area contributed by atoms with Gasteiger partial charge in [0.1, 0.15) is 12.1 Å². The summed E-state index contributed by atoms with van der Waals surface area (Å²) in [6.07, 6.45) is -3.32. The highest BCUT2D eigenvalue weighted by molar-refractivity contribution is 5.91. The van der Waals surface area contributed by atoms with Gasteiger partial charge in [-0.05, 0) is 13.0 Å². The van der Waals surface area contributed by atoms with Crippen molar-refractivity contribution in [2.75, 3.05) is 11.9 Å². The van der Waals surface area contributed by atoms with E-state index in [0.29, 0.717) is 12.1 Å². The Morgan fingerprint density at radius 2 is 1.83 bits per heavy atom.